The van der Waals surface area contributed by atoms with Crippen molar-refractivity contribution in [3.63, 3.8) is 0 Å². The Labute approximate surface area is 115 Å². The van der Waals surface area contributed by atoms with Crippen LogP contribution in [-0.2, 0) is 14.3 Å². The minimum absolute atomic E-state index is 0.188. The van der Waals surface area contributed by atoms with Crippen molar-refractivity contribution in [2.24, 2.45) is 5.92 Å². The highest BCUT2D eigenvalue weighted by atomic mass is 16.5. The zero-order chi connectivity index (χ0) is 13.5. The highest BCUT2D eigenvalue weighted by Crippen LogP contribution is 2.18. The Morgan fingerprint density at radius 3 is 3.16 bits per heavy atom. The molecule has 19 heavy (non-hydrogen) atoms. The first-order valence-corrected chi connectivity index (χ1v) is 7.46. The highest BCUT2D eigenvalue weighted by Gasteiger charge is 2.26. The third-order valence-corrected chi connectivity index (χ3v) is 3.85. The van der Waals surface area contributed by atoms with E-state index in [1.165, 1.54) is 6.42 Å². The second kappa shape index (κ2) is 7.82. The number of likely N-dealkylation sites (tertiary alicyclic amines) is 1. The zero-order valence-corrected chi connectivity index (χ0v) is 11.9. The van der Waals surface area contributed by atoms with Gasteiger partial charge in [0.05, 0.1) is 19.8 Å². The van der Waals surface area contributed by atoms with Crippen LogP contribution in [0.15, 0.2) is 0 Å². The zero-order valence-electron chi connectivity index (χ0n) is 11.9. The molecule has 0 bridgehead atoms. The lowest BCUT2D eigenvalue weighted by atomic mass is 9.98. The van der Waals surface area contributed by atoms with Gasteiger partial charge in [-0.3, -0.25) is 4.79 Å². The summed E-state index contributed by atoms with van der Waals surface area (Å²) in [5.74, 6) is 0.761. The number of nitrogens with zero attached hydrogens (tertiary/aromatic N) is 1. The smallest absolute Gasteiger partial charge is 0.224 e. The third kappa shape index (κ3) is 4.75. The Bertz CT molecular complexity index is 280. The molecule has 5 heteroatoms. The Morgan fingerprint density at radius 1 is 1.53 bits per heavy atom. The van der Waals surface area contributed by atoms with E-state index < -0.39 is 0 Å². The van der Waals surface area contributed by atoms with Crippen LogP contribution in [-0.4, -0.2) is 62.9 Å². The molecule has 0 spiro atoms. The molecular weight excluding hydrogens is 244 g/mol. The van der Waals surface area contributed by atoms with Crippen molar-refractivity contribution in [1.29, 1.82) is 0 Å². The maximum Gasteiger partial charge on any atom is 0.224 e. The number of ether oxygens (including phenoxy) is 2. The topological polar surface area (TPSA) is 50.8 Å². The molecule has 0 aromatic heterocycles. The van der Waals surface area contributed by atoms with Gasteiger partial charge in [0.15, 0.2) is 0 Å². The van der Waals surface area contributed by atoms with Crippen molar-refractivity contribution in [3.8, 4) is 0 Å². The van der Waals surface area contributed by atoms with Crippen molar-refractivity contribution >= 4 is 5.91 Å². The van der Waals surface area contributed by atoms with Crippen LogP contribution in [0.1, 0.15) is 26.2 Å². The van der Waals surface area contributed by atoms with Crippen LogP contribution in [0.5, 0.6) is 0 Å². The number of amides is 1. The van der Waals surface area contributed by atoms with E-state index in [1.807, 2.05) is 11.8 Å². The summed E-state index contributed by atoms with van der Waals surface area (Å²) in [5.41, 5.74) is 0. The van der Waals surface area contributed by atoms with Crippen LogP contribution < -0.4 is 5.32 Å². The van der Waals surface area contributed by atoms with Crippen LogP contribution in [0.25, 0.3) is 0 Å². The molecule has 110 valence electrons. The molecule has 1 N–H and O–H groups in total. The van der Waals surface area contributed by atoms with Crippen molar-refractivity contribution < 1.29 is 14.3 Å². The number of nitrogens with one attached hydrogen (secondary N) is 1. The minimum Gasteiger partial charge on any atom is -0.381 e. The van der Waals surface area contributed by atoms with E-state index in [1.54, 1.807) is 0 Å². The molecule has 1 amide bonds. The minimum atomic E-state index is 0.188. The van der Waals surface area contributed by atoms with Crippen LogP contribution in [0.4, 0.5) is 0 Å². The van der Waals surface area contributed by atoms with E-state index >= 15 is 0 Å². The predicted molar refractivity (Wildman–Crippen MR) is 73.0 cm³/mol. The van der Waals surface area contributed by atoms with Gasteiger partial charge in [-0.25, -0.2) is 0 Å². The molecule has 2 atom stereocenters. The lowest BCUT2D eigenvalue weighted by Gasteiger charge is -2.34. The highest BCUT2D eigenvalue weighted by molar-refractivity contribution is 5.77. The summed E-state index contributed by atoms with van der Waals surface area (Å²) in [6, 6.07) is 0.188. The number of hydrogen-bond acceptors (Lipinski definition) is 4. The lowest BCUT2D eigenvalue weighted by molar-refractivity contribution is -0.134. The molecule has 2 aliphatic rings. The summed E-state index contributed by atoms with van der Waals surface area (Å²) < 4.78 is 10.9. The first kappa shape index (κ1) is 14.8. The van der Waals surface area contributed by atoms with Crippen LogP contribution >= 0.6 is 0 Å². The molecule has 2 rings (SSSR count). The molecule has 2 fully saturated rings. The van der Waals surface area contributed by atoms with Gasteiger partial charge < -0.3 is 19.7 Å². The van der Waals surface area contributed by atoms with Gasteiger partial charge in [-0.15, -0.1) is 0 Å². The number of morpholine rings is 1. The van der Waals surface area contributed by atoms with Gasteiger partial charge in [-0.2, -0.15) is 0 Å². The quantitative estimate of drug-likeness (QED) is 0.796. The fourth-order valence-corrected chi connectivity index (χ4v) is 2.80. The number of carbonyl (C=O) groups is 1. The summed E-state index contributed by atoms with van der Waals surface area (Å²) >= 11 is 0. The summed E-state index contributed by atoms with van der Waals surface area (Å²) in [6.45, 7) is 7.57. The summed E-state index contributed by atoms with van der Waals surface area (Å²) in [7, 11) is 0. The van der Waals surface area contributed by atoms with Gasteiger partial charge in [0, 0.05) is 38.7 Å². The summed E-state index contributed by atoms with van der Waals surface area (Å²) in [5, 5.41) is 3.34. The Balaban J connectivity index is 1.74. The normalized spacial score (nSPS) is 28.4. The van der Waals surface area contributed by atoms with Crippen LogP contribution in [0.3, 0.4) is 0 Å². The molecule has 2 unspecified atom stereocenters. The largest absolute Gasteiger partial charge is 0.381 e. The Hall–Kier alpha value is -0.650. The average molecular weight is 270 g/mol. The van der Waals surface area contributed by atoms with Crippen molar-refractivity contribution in [2.45, 2.75) is 32.2 Å². The predicted octanol–water partition coefficient (Wildman–Crippen LogP) is 0.640. The molecular formula is C14H26N2O3. The van der Waals surface area contributed by atoms with E-state index in [-0.39, 0.29) is 11.9 Å². The molecule has 0 aromatic carbocycles. The van der Waals surface area contributed by atoms with Crippen LogP contribution in [0, 0.1) is 5.92 Å². The van der Waals surface area contributed by atoms with Gasteiger partial charge in [0.25, 0.3) is 0 Å². The lowest BCUT2D eigenvalue weighted by Crippen LogP contribution is -2.47. The summed E-state index contributed by atoms with van der Waals surface area (Å²) in [6.07, 6.45) is 2.83. The standard InChI is InChI=1S/C14H26N2O3/c1-2-18-10-12-4-3-6-16(9-12)14(17)8-13-11-19-7-5-15-13/h12-13,15H,2-11H2,1H3. The van der Waals surface area contributed by atoms with E-state index in [0.717, 1.165) is 45.9 Å². The van der Waals surface area contributed by atoms with Crippen molar-refractivity contribution in [3.05, 3.63) is 0 Å². The molecule has 0 radical (unpaired) electrons. The summed E-state index contributed by atoms with van der Waals surface area (Å²) in [4.78, 5) is 14.3. The average Bonchev–Trinajstić information content (AvgIpc) is 2.46. The van der Waals surface area contributed by atoms with Gasteiger partial charge >= 0.3 is 0 Å². The van der Waals surface area contributed by atoms with Gasteiger partial charge in [0.2, 0.25) is 5.91 Å². The number of rotatable bonds is 5. The fourth-order valence-electron chi connectivity index (χ4n) is 2.80. The molecule has 2 saturated heterocycles. The molecule has 0 saturated carbocycles. The molecule has 0 aromatic rings. The molecule has 0 aliphatic carbocycles. The first-order valence-electron chi connectivity index (χ1n) is 7.46. The van der Waals surface area contributed by atoms with E-state index in [9.17, 15) is 4.79 Å². The third-order valence-electron chi connectivity index (χ3n) is 3.85. The van der Waals surface area contributed by atoms with Crippen LogP contribution in [0.2, 0.25) is 0 Å². The monoisotopic (exact) mass is 270 g/mol. The number of piperidine rings is 1. The molecule has 2 aliphatic heterocycles. The van der Waals surface area contributed by atoms with Gasteiger partial charge in [-0.05, 0) is 25.7 Å². The van der Waals surface area contributed by atoms with E-state index in [2.05, 4.69) is 5.32 Å². The van der Waals surface area contributed by atoms with Crippen molar-refractivity contribution in [1.82, 2.24) is 10.2 Å². The van der Waals surface area contributed by atoms with Crippen molar-refractivity contribution in [2.75, 3.05) is 46.1 Å². The molecule has 5 nitrogen and oxygen atoms in total. The maximum atomic E-state index is 12.3. The number of hydrogen-bond donors (Lipinski definition) is 1. The maximum absolute atomic E-state index is 12.3. The van der Waals surface area contributed by atoms with E-state index in [4.69, 9.17) is 9.47 Å². The number of carbonyl (C=O) groups excluding carboxylic acids is 1. The Kier molecular flexibility index (Phi) is 6.07. The molecule has 2 heterocycles. The SMILES string of the molecule is CCOCC1CCCN(C(=O)CC2COCCN2)C1. The van der Waals surface area contributed by atoms with Gasteiger partial charge in [0.1, 0.15) is 0 Å². The second-order valence-electron chi connectivity index (χ2n) is 5.44. The Morgan fingerprint density at radius 2 is 2.42 bits per heavy atom. The second-order valence-corrected chi connectivity index (χ2v) is 5.44. The first-order chi connectivity index (χ1) is 9.29. The van der Waals surface area contributed by atoms with E-state index in [0.29, 0.717) is 18.9 Å². The van der Waals surface area contributed by atoms with Gasteiger partial charge in [-0.1, -0.05) is 0 Å². The fraction of sp³-hybridized carbons (Fsp3) is 0.929.